The van der Waals surface area contributed by atoms with Crippen molar-refractivity contribution < 1.29 is 25.0 Å². The molecule has 0 spiro atoms. The highest BCUT2D eigenvalue weighted by molar-refractivity contribution is 5.86. The highest BCUT2D eigenvalue weighted by Gasteiger charge is 2.19. The molecule has 0 aliphatic heterocycles. The zero-order valence-corrected chi connectivity index (χ0v) is 8.11. The van der Waals surface area contributed by atoms with Crippen LogP contribution in [0.25, 0.3) is 0 Å². The SMILES string of the molecule is O=C(O)c1cc([N+](=O)[O-])cn1CC(O)CO. The quantitative estimate of drug-likeness (QED) is 0.460. The smallest absolute Gasteiger partial charge is 0.352 e. The molecule has 1 unspecified atom stereocenters. The molecule has 0 amide bonds. The zero-order chi connectivity index (χ0) is 12.3. The van der Waals surface area contributed by atoms with Gasteiger partial charge in [0.25, 0.3) is 5.69 Å². The first-order valence-corrected chi connectivity index (χ1v) is 4.32. The molecule has 3 N–H and O–H groups in total. The maximum absolute atomic E-state index is 10.7. The Bertz CT molecular complexity index is 413. The Morgan fingerprint density at radius 3 is 2.69 bits per heavy atom. The van der Waals surface area contributed by atoms with Crippen molar-refractivity contribution >= 4 is 11.7 Å². The number of nitro groups is 1. The fourth-order valence-corrected chi connectivity index (χ4v) is 1.21. The van der Waals surface area contributed by atoms with E-state index in [1.807, 2.05) is 0 Å². The number of aliphatic hydroxyl groups excluding tert-OH is 2. The molecule has 0 radical (unpaired) electrons. The molecule has 1 atom stereocenters. The van der Waals surface area contributed by atoms with Crippen LogP contribution >= 0.6 is 0 Å². The predicted octanol–water partition coefficient (Wildman–Crippen LogP) is -0.552. The van der Waals surface area contributed by atoms with Crippen molar-refractivity contribution in [2.45, 2.75) is 12.6 Å². The Labute approximate surface area is 89.5 Å². The Hall–Kier alpha value is -1.93. The van der Waals surface area contributed by atoms with E-state index in [1.54, 1.807) is 0 Å². The Kier molecular flexibility index (Phi) is 3.59. The second-order valence-corrected chi connectivity index (χ2v) is 3.13. The number of nitrogens with zero attached hydrogens (tertiary/aromatic N) is 2. The largest absolute Gasteiger partial charge is 0.477 e. The van der Waals surface area contributed by atoms with Gasteiger partial charge in [-0.2, -0.15) is 0 Å². The third kappa shape index (κ3) is 2.55. The van der Waals surface area contributed by atoms with Crippen LogP contribution in [0.5, 0.6) is 0 Å². The molecule has 0 aliphatic rings. The summed E-state index contributed by atoms with van der Waals surface area (Å²) in [5.41, 5.74) is -0.679. The summed E-state index contributed by atoms with van der Waals surface area (Å²) >= 11 is 0. The average molecular weight is 230 g/mol. The molecular weight excluding hydrogens is 220 g/mol. The van der Waals surface area contributed by atoms with Gasteiger partial charge in [0, 0.05) is 6.07 Å². The molecular formula is C8H10N2O6. The minimum Gasteiger partial charge on any atom is -0.477 e. The summed E-state index contributed by atoms with van der Waals surface area (Å²) in [7, 11) is 0. The summed E-state index contributed by atoms with van der Waals surface area (Å²) in [6, 6.07) is 0.895. The molecule has 8 heteroatoms. The summed E-state index contributed by atoms with van der Waals surface area (Å²) in [5, 5.41) is 36.9. The van der Waals surface area contributed by atoms with Crippen molar-refractivity contribution in [2.24, 2.45) is 0 Å². The van der Waals surface area contributed by atoms with Crippen molar-refractivity contribution in [3.05, 3.63) is 28.1 Å². The van der Waals surface area contributed by atoms with Gasteiger partial charge in [0.1, 0.15) is 5.69 Å². The van der Waals surface area contributed by atoms with Crippen molar-refractivity contribution in [3.8, 4) is 0 Å². The van der Waals surface area contributed by atoms with E-state index in [1.165, 1.54) is 0 Å². The van der Waals surface area contributed by atoms with Crippen LogP contribution < -0.4 is 0 Å². The summed E-state index contributed by atoms with van der Waals surface area (Å²) < 4.78 is 1.02. The highest BCUT2D eigenvalue weighted by Crippen LogP contribution is 2.16. The number of hydrogen-bond acceptors (Lipinski definition) is 5. The Morgan fingerprint density at radius 2 is 2.25 bits per heavy atom. The lowest BCUT2D eigenvalue weighted by atomic mass is 10.3. The van der Waals surface area contributed by atoms with E-state index >= 15 is 0 Å². The highest BCUT2D eigenvalue weighted by atomic mass is 16.6. The second kappa shape index (κ2) is 4.73. The van der Waals surface area contributed by atoms with Gasteiger partial charge in [0.15, 0.2) is 0 Å². The summed E-state index contributed by atoms with van der Waals surface area (Å²) in [6.07, 6.45) is -0.160. The lowest BCUT2D eigenvalue weighted by Crippen LogP contribution is -2.21. The Balaban J connectivity index is 3.05. The lowest BCUT2D eigenvalue weighted by Gasteiger charge is -2.09. The first-order chi connectivity index (χ1) is 7.45. The van der Waals surface area contributed by atoms with Gasteiger partial charge in [-0.25, -0.2) is 4.79 Å². The zero-order valence-electron chi connectivity index (χ0n) is 8.11. The molecule has 0 fully saturated rings. The molecule has 1 rings (SSSR count). The van der Waals surface area contributed by atoms with Crippen molar-refractivity contribution in [2.75, 3.05) is 6.61 Å². The molecule has 0 aromatic carbocycles. The third-order valence-electron chi connectivity index (χ3n) is 1.93. The fourth-order valence-electron chi connectivity index (χ4n) is 1.21. The van der Waals surface area contributed by atoms with Crippen molar-refractivity contribution in [3.63, 3.8) is 0 Å². The molecule has 0 saturated carbocycles. The standard InChI is InChI=1S/C8H10N2O6/c11-4-6(12)3-9-2-5(10(15)16)1-7(9)8(13)14/h1-2,6,11-12H,3-4H2,(H,13,14). The maximum Gasteiger partial charge on any atom is 0.352 e. The number of hydrogen-bond donors (Lipinski definition) is 3. The van der Waals surface area contributed by atoms with E-state index in [9.17, 15) is 14.9 Å². The van der Waals surface area contributed by atoms with Crippen LogP contribution in [0.2, 0.25) is 0 Å². The van der Waals surface area contributed by atoms with Gasteiger partial charge < -0.3 is 19.9 Å². The van der Waals surface area contributed by atoms with Crippen LogP contribution in [-0.2, 0) is 6.54 Å². The molecule has 0 aliphatic carbocycles. The number of rotatable bonds is 5. The predicted molar refractivity (Wildman–Crippen MR) is 51.1 cm³/mol. The molecule has 16 heavy (non-hydrogen) atoms. The molecule has 0 bridgehead atoms. The van der Waals surface area contributed by atoms with E-state index in [0.29, 0.717) is 0 Å². The monoisotopic (exact) mass is 230 g/mol. The molecule has 88 valence electrons. The average Bonchev–Trinajstić information content (AvgIpc) is 2.61. The number of aromatic nitrogens is 1. The van der Waals surface area contributed by atoms with E-state index in [2.05, 4.69) is 0 Å². The van der Waals surface area contributed by atoms with Gasteiger partial charge in [-0.1, -0.05) is 0 Å². The Morgan fingerprint density at radius 1 is 1.62 bits per heavy atom. The van der Waals surface area contributed by atoms with Gasteiger partial charge in [-0.3, -0.25) is 10.1 Å². The topological polar surface area (TPSA) is 126 Å². The fraction of sp³-hybridized carbons (Fsp3) is 0.375. The van der Waals surface area contributed by atoms with Crippen LogP contribution in [-0.4, -0.2) is 43.5 Å². The van der Waals surface area contributed by atoms with Gasteiger partial charge in [-0.05, 0) is 0 Å². The first-order valence-electron chi connectivity index (χ1n) is 4.32. The first kappa shape index (κ1) is 12.1. The van der Waals surface area contributed by atoms with Crippen LogP contribution in [0.15, 0.2) is 12.3 Å². The normalized spacial score (nSPS) is 12.4. The molecule has 1 aromatic heterocycles. The number of aliphatic hydroxyl groups is 2. The van der Waals surface area contributed by atoms with Crippen LogP contribution in [0.4, 0.5) is 5.69 Å². The lowest BCUT2D eigenvalue weighted by molar-refractivity contribution is -0.384. The third-order valence-corrected chi connectivity index (χ3v) is 1.93. The molecule has 1 heterocycles. The molecule has 8 nitrogen and oxygen atoms in total. The van der Waals surface area contributed by atoms with Gasteiger partial charge >= 0.3 is 5.97 Å². The summed E-state index contributed by atoms with van der Waals surface area (Å²) in [4.78, 5) is 20.4. The number of carbonyl (C=O) groups is 1. The summed E-state index contributed by atoms with van der Waals surface area (Å²) in [6.45, 7) is -0.767. The maximum atomic E-state index is 10.7. The van der Waals surface area contributed by atoms with E-state index in [4.69, 9.17) is 15.3 Å². The van der Waals surface area contributed by atoms with Gasteiger partial charge in [0.05, 0.1) is 30.4 Å². The van der Waals surface area contributed by atoms with Gasteiger partial charge in [-0.15, -0.1) is 0 Å². The van der Waals surface area contributed by atoms with Gasteiger partial charge in [0.2, 0.25) is 0 Å². The van der Waals surface area contributed by atoms with Crippen molar-refractivity contribution in [1.82, 2.24) is 4.57 Å². The summed E-state index contributed by atoms with van der Waals surface area (Å²) in [5.74, 6) is -1.33. The van der Waals surface area contributed by atoms with Crippen LogP contribution in [0.1, 0.15) is 10.5 Å². The van der Waals surface area contributed by atoms with Crippen molar-refractivity contribution in [1.29, 1.82) is 0 Å². The second-order valence-electron chi connectivity index (χ2n) is 3.13. The molecule has 0 saturated heterocycles. The van der Waals surface area contributed by atoms with Crippen LogP contribution in [0, 0.1) is 10.1 Å². The van der Waals surface area contributed by atoms with Crippen LogP contribution in [0.3, 0.4) is 0 Å². The number of aromatic carboxylic acids is 1. The minimum absolute atomic E-state index is 0.216. The number of carboxylic acid groups (broad SMARTS) is 1. The van der Waals surface area contributed by atoms with E-state index in [0.717, 1.165) is 16.8 Å². The van der Waals surface area contributed by atoms with E-state index < -0.39 is 23.6 Å². The van der Waals surface area contributed by atoms with E-state index in [-0.39, 0.29) is 17.9 Å². The molecule has 1 aromatic rings. The number of carboxylic acids is 1. The minimum atomic E-state index is -1.33.